The first-order valence-corrected chi connectivity index (χ1v) is 6.35. The Morgan fingerprint density at radius 2 is 2.00 bits per heavy atom. The van der Waals surface area contributed by atoms with Gasteiger partial charge in [0.2, 0.25) is 5.91 Å². The minimum absolute atomic E-state index is 0.391. The minimum Gasteiger partial charge on any atom is -0.343 e. The van der Waals surface area contributed by atoms with Gasteiger partial charge in [0.1, 0.15) is 0 Å². The van der Waals surface area contributed by atoms with E-state index in [1.165, 1.54) is 25.7 Å². The second-order valence-electron chi connectivity index (χ2n) is 4.86. The number of nitrogens with zero attached hydrogens (tertiary/aromatic N) is 1. The fourth-order valence-electron chi connectivity index (χ4n) is 2.34. The van der Waals surface area contributed by atoms with Gasteiger partial charge in [-0.25, -0.2) is 0 Å². The summed E-state index contributed by atoms with van der Waals surface area (Å²) in [5, 5.41) is 3.28. The highest BCUT2D eigenvalue weighted by atomic mass is 16.2. The van der Waals surface area contributed by atoms with Crippen LogP contribution in [0.2, 0.25) is 0 Å². The fraction of sp³-hybridized carbons (Fsp3) is 0.917. The maximum atomic E-state index is 11.8. The molecule has 2 fully saturated rings. The summed E-state index contributed by atoms with van der Waals surface area (Å²) >= 11 is 0. The quantitative estimate of drug-likeness (QED) is 0.763. The third kappa shape index (κ3) is 3.20. The number of amides is 1. The molecule has 0 spiro atoms. The Kier molecular flexibility index (Phi) is 4.01. The van der Waals surface area contributed by atoms with Gasteiger partial charge >= 0.3 is 0 Å². The van der Waals surface area contributed by atoms with Crippen LogP contribution in [-0.4, -0.2) is 37.0 Å². The molecule has 2 aliphatic rings. The molecule has 0 aromatic carbocycles. The molecule has 86 valence electrons. The molecule has 0 aliphatic carbocycles. The monoisotopic (exact) mass is 210 g/mol. The van der Waals surface area contributed by atoms with Gasteiger partial charge in [-0.2, -0.15) is 0 Å². The number of carbonyl (C=O) groups excluding carboxylic acids is 1. The van der Waals surface area contributed by atoms with E-state index in [1.54, 1.807) is 0 Å². The van der Waals surface area contributed by atoms with E-state index in [9.17, 15) is 4.79 Å². The lowest BCUT2D eigenvalue weighted by molar-refractivity contribution is -0.132. The molecule has 2 saturated heterocycles. The summed E-state index contributed by atoms with van der Waals surface area (Å²) in [5.74, 6) is 1.21. The zero-order valence-corrected chi connectivity index (χ0v) is 9.50. The van der Waals surface area contributed by atoms with Gasteiger partial charge < -0.3 is 10.2 Å². The molecular formula is C12H22N2O. The van der Waals surface area contributed by atoms with E-state index in [2.05, 4.69) is 10.2 Å². The van der Waals surface area contributed by atoms with Gasteiger partial charge in [-0.15, -0.1) is 0 Å². The van der Waals surface area contributed by atoms with Gasteiger partial charge in [-0.05, 0) is 38.3 Å². The first kappa shape index (κ1) is 10.9. The highest BCUT2D eigenvalue weighted by Gasteiger charge is 2.20. The van der Waals surface area contributed by atoms with E-state index in [0.717, 1.165) is 44.9 Å². The molecule has 2 heterocycles. The lowest BCUT2D eigenvalue weighted by Gasteiger charge is -2.31. The molecule has 3 heteroatoms. The third-order valence-corrected chi connectivity index (χ3v) is 3.59. The largest absolute Gasteiger partial charge is 0.343 e. The Morgan fingerprint density at radius 3 is 2.73 bits per heavy atom. The van der Waals surface area contributed by atoms with E-state index in [1.807, 2.05) is 0 Å². The van der Waals surface area contributed by atoms with Crippen molar-refractivity contribution in [2.75, 3.05) is 26.2 Å². The molecule has 0 aromatic heterocycles. The summed E-state index contributed by atoms with van der Waals surface area (Å²) < 4.78 is 0. The van der Waals surface area contributed by atoms with Gasteiger partial charge in [0.15, 0.2) is 0 Å². The van der Waals surface area contributed by atoms with Crippen LogP contribution in [0.25, 0.3) is 0 Å². The first-order valence-electron chi connectivity index (χ1n) is 6.35. The average Bonchev–Trinajstić information content (AvgIpc) is 2.14. The number of likely N-dealkylation sites (tertiary alicyclic amines) is 1. The molecule has 0 saturated carbocycles. The fourth-order valence-corrected chi connectivity index (χ4v) is 2.34. The smallest absolute Gasteiger partial charge is 0.222 e. The Balaban J connectivity index is 1.73. The van der Waals surface area contributed by atoms with Crippen LogP contribution in [0, 0.1) is 5.92 Å². The van der Waals surface area contributed by atoms with Crippen LogP contribution in [0.1, 0.15) is 38.5 Å². The Morgan fingerprint density at radius 1 is 1.20 bits per heavy atom. The molecule has 0 unspecified atom stereocenters. The predicted octanol–water partition coefficient (Wildman–Crippen LogP) is 1.39. The van der Waals surface area contributed by atoms with Crippen LogP contribution in [0.3, 0.4) is 0 Å². The van der Waals surface area contributed by atoms with Crippen LogP contribution >= 0.6 is 0 Å². The number of hydrogen-bond donors (Lipinski definition) is 1. The molecule has 15 heavy (non-hydrogen) atoms. The molecule has 0 aromatic rings. The molecule has 0 radical (unpaired) electrons. The van der Waals surface area contributed by atoms with Crippen LogP contribution in [0.5, 0.6) is 0 Å². The minimum atomic E-state index is 0.391. The zero-order chi connectivity index (χ0) is 10.5. The molecule has 2 aliphatic heterocycles. The van der Waals surface area contributed by atoms with Crippen LogP contribution in [0.15, 0.2) is 0 Å². The normalized spacial score (nSPS) is 24.5. The lowest BCUT2D eigenvalue weighted by atomic mass is 9.98. The van der Waals surface area contributed by atoms with Crippen molar-refractivity contribution in [2.24, 2.45) is 5.92 Å². The number of hydrogen-bond acceptors (Lipinski definition) is 2. The highest BCUT2D eigenvalue weighted by molar-refractivity contribution is 5.76. The number of carbonyl (C=O) groups is 1. The van der Waals surface area contributed by atoms with E-state index >= 15 is 0 Å². The van der Waals surface area contributed by atoms with Gasteiger partial charge in [0.25, 0.3) is 0 Å². The predicted molar refractivity (Wildman–Crippen MR) is 60.6 cm³/mol. The summed E-state index contributed by atoms with van der Waals surface area (Å²) in [4.78, 5) is 13.9. The second kappa shape index (κ2) is 5.50. The van der Waals surface area contributed by atoms with Crippen LogP contribution < -0.4 is 5.32 Å². The van der Waals surface area contributed by atoms with Crippen molar-refractivity contribution in [1.82, 2.24) is 10.2 Å². The highest BCUT2D eigenvalue weighted by Crippen LogP contribution is 2.14. The molecule has 1 N–H and O–H groups in total. The summed E-state index contributed by atoms with van der Waals surface area (Å²) in [6.45, 7) is 4.30. The Labute approximate surface area is 92.2 Å². The van der Waals surface area contributed by atoms with Crippen molar-refractivity contribution in [3.63, 3.8) is 0 Å². The third-order valence-electron chi connectivity index (χ3n) is 3.59. The van der Waals surface area contributed by atoms with Crippen LogP contribution in [0.4, 0.5) is 0 Å². The van der Waals surface area contributed by atoms with Gasteiger partial charge in [-0.1, -0.05) is 12.8 Å². The lowest BCUT2D eigenvalue weighted by Crippen LogP contribution is -2.44. The SMILES string of the molecule is O=C1CCCCCCN1CCC1CNC1. The van der Waals surface area contributed by atoms with Crippen LogP contribution in [-0.2, 0) is 4.79 Å². The van der Waals surface area contributed by atoms with Crippen molar-refractivity contribution < 1.29 is 4.79 Å². The topological polar surface area (TPSA) is 32.3 Å². The summed E-state index contributed by atoms with van der Waals surface area (Å²) in [5.41, 5.74) is 0. The van der Waals surface area contributed by atoms with Crippen molar-refractivity contribution in [3.05, 3.63) is 0 Å². The maximum Gasteiger partial charge on any atom is 0.222 e. The van der Waals surface area contributed by atoms with Crippen molar-refractivity contribution in [3.8, 4) is 0 Å². The second-order valence-corrected chi connectivity index (χ2v) is 4.86. The zero-order valence-electron chi connectivity index (χ0n) is 9.50. The van der Waals surface area contributed by atoms with Crippen molar-refractivity contribution >= 4 is 5.91 Å². The van der Waals surface area contributed by atoms with E-state index in [-0.39, 0.29) is 0 Å². The number of rotatable bonds is 3. The molecule has 2 rings (SSSR count). The summed E-state index contributed by atoms with van der Waals surface area (Å²) in [6.07, 6.45) is 6.82. The molecule has 0 bridgehead atoms. The maximum absolute atomic E-state index is 11.8. The summed E-state index contributed by atoms with van der Waals surface area (Å²) in [6, 6.07) is 0. The standard InChI is InChI=1S/C12H22N2O/c15-12-5-3-1-2-4-7-14(12)8-6-11-9-13-10-11/h11,13H,1-10H2. The first-order chi connectivity index (χ1) is 7.36. The van der Waals surface area contributed by atoms with Gasteiger partial charge in [0.05, 0.1) is 0 Å². The van der Waals surface area contributed by atoms with Crippen molar-refractivity contribution in [2.45, 2.75) is 38.5 Å². The van der Waals surface area contributed by atoms with Crippen molar-refractivity contribution in [1.29, 1.82) is 0 Å². The van der Waals surface area contributed by atoms with Gasteiger partial charge in [0, 0.05) is 19.5 Å². The Bertz CT molecular complexity index is 214. The average molecular weight is 210 g/mol. The Hall–Kier alpha value is -0.570. The van der Waals surface area contributed by atoms with Gasteiger partial charge in [-0.3, -0.25) is 4.79 Å². The van der Waals surface area contributed by atoms with E-state index < -0.39 is 0 Å². The molecular weight excluding hydrogens is 188 g/mol. The summed E-state index contributed by atoms with van der Waals surface area (Å²) in [7, 11) is 0. The molecule has 1 amide bonds. The molecule has 3 nitrogen and oxygen atoms in total. The number of nitrogens with one attached hydrogen (secondary N) is 1. The van der Waals surface area contributed by atoms with E-state index in [0.29, 0.717) is 5.91 Å². The molecule has 0 atom stereocenters. The van der Waals surface area contributed by atoms with E-state index in [4.69, 9.17) is 0 Å².